The van der Waals surface area contributed by atoms with Crippen molar-refractivity contribution in [1.82, 2.24) is 16.0 Å². The molecule has 1 fully saturated rings. The first-order chi connectivity index (χ1) is 12.6. The number of hydrogen-bond acceptors (Lipinski definition) is 3. The number of phenols is 1. The molecule has 0 atom stereocenters. The molecule has 0 unspecified atom stereocenters. The summed E-state index contributed by atoms with van der Waals surface area (Å²) in [6, 6.07) is 6.87. The molecule has 0 heterocycles. The van der Waals surface area contributed by atoms with Gasteiger partial charge in [0.1, 0.15) is 5.75 Å². The molecule has 6 nitrogen and oxygen atoms in total. The average Bonchev–Trinajstić information content (AvgIpc) is 2.63. The average molecular weight is 361 g/mol. The molecule has 0 bridgehead atoms. The number of carbonyl (C=O) groups is 1. The lowest BCUT2D eigenvalue weighted by Gasteiger charge is -2.28. The van der Waals surface area contributed by atoms with Crippen LogP contribution in [0.15, 0.2) is 29.3 Å². The van der Waals surface area contributed by atoms with E-state index in [1.54, 1.807) is 18.2 Å². The first-order valence-corrected chi connectivity index (χ1v) is 9.70. The van der Waals surface area contributed by atoms with Gasteiger partial charge in [-0.3, -0.25) is 9.79 Å². The molecule has 1 aromatic rings. The van der Waals surface area contributed by atoms with Crippen LogP contribution in [-0.2, 0) is 0 Å². The van der Waals surface area contributed by atoms with Crippen LogP contribution >= 0.6 is 0 Å². The Morgan fingerprint density at radius 1 is 1.23 bits per heavy atom. The van der Waals surface area contributed by atoms with E-state index in [2.05, 4.69) is 34.8 Å². The quantitative estimate of drug-likeness (QED) is 0.342. The molecule has 1 saturated carbocycles. The summed E-state index contributed by atoms with van der Waals surface area (Å²) < 4.78 is 0. The van der Waals surface area contributed by atoms with Gasteiger partial charge in [0.2, 0.25) is 0 Å². The summed E-state index contributed by atoms with van der Waals surface area (Å²) in [4.78, 5) is 16.6. The highest BCUT2D eigenvalue weighted by Crippen LogP contribution is 2.23. The van der Waals surface area contributed by atoms with Crippen LogP contribution in [0.4, 0.5) is 0 Å². The van der Waals surface area contributed by atoms with Crippen LogP contribution in [0.1, 0.15) is 56.3 Å². The Morgan fingerprint density at radius 2 is 2.00 bits per heavy atom. The summed E-state index contributed by atoms with van der Waals surface area (Å²) in [5.74, 6) is 1.63. The van der Waals surface area contributed by atoms with Gasteiger partial charge in [-0.25, -0.2) is 0 Å². The largest absolute Gasteiger partial charge is 0.508 e. The van der Waals surface area contributed by atoms with E-state index in [9.17, 15) is 9.90 Å². The van der Waals surface area contributed by atoms with Crippen LogP contribution in [0.5, 0.6) is 5.75 Å². The fourth-order valence-electron chi connectivity index (χ4n) is 3.14. The number of aromatic hydroxyl groups is 1. The van der Waals surface area contributed by atoms with Crippen molar-refractivity contribution in [2.75, 3.05) is 19.6 Å². The third-order valence-electron chi connectivity index (χ3n) is 4.70. The Morgan fingerprint density at radius 3 is 2.69 bits per heavy atom. The minimum Gasteiger partial charge on any atom is -0.508 e. The number of aliphatic imine (C=N–C) groups is 1. The Hall–Kier alpha value is -2.24. The minimum atomic E-state index is -0.175. The number of rotatable bonds is 7. The zero-order valence-electron chi connectivity index (χ0n) is 15.9. The topological polar surface area (TPSA) is 85.8 Å². The van der Waals surface area contributed by atoms with E-state index in [1.807, 2.05) is 0 Å². The fraction of sp³-hybridized carbons (Fsp3) is 0.600. The number of benzene rings is 1. The highest BCUT2D eigenvalue weighted by atomic mass is 16.3. The van der Waals surface area contributed by atoms with Gasteiger partial charge in [0.05, 0.1) is 0 Å². The summed E-state index contributed by atoms with van der Waals surface area (Å²) >= 11 is 0. The lowest BCUT2D eigenvalue weighted by Crippen LogP contribution is -2.44. The van der Waals surface area contributed by atoms with Gasteiger partial charge in [-0.15, -0.1) is 0 Å². The smallest absolute Gasteiger partial charge is 0.251 e. The lowest BCUT2D eigenvalue weighted by molar-refractivity contribution is 0.0953. The van der Waals surface area contributed by atoms with Crippen LogP contribution in [0, 0.1) is 5.92 Å². The van der Waals surface area contributed by atoms with Gasteiger partial charge >= 0.3 is 0 Å². The van der Waals surface area contributed by atoms with E-state index in [4.69, 9.17) is 0 Å². The van der Waals surface area contributed by atoms with Gasteiger partial charge in [-0.2, -0.15) is 0 Å². The monoisotopic (exact) mass is 360 g/mol. The van der Waals surface area contributed by atoms with E-state index in [1.165, 1.54) is 31.7 Å². The lowest BCUT2D eigenvalue weighted by atomic mass is 9.87. The summed E-state index contributed by atoms with van der Waals surface area (Å²) in [6.45, 7) is 6.43. The van der Waals surface area contributed by atoms with Crippen molar-refractivity contribution in [2.45, 2.75) is 52.0 Å². The summed E-state index contributed by atoms with van der Waals surface area (Å²) in [5.41, 5.74) is 0.468. The second-order valence-corrected chi connectivity index (χ2v) is 7.02. The number of hydrogen-bond donors (Lipinski definition) is 4. The first kappa shape index (κ1) is 20.1. The Kier molecular flexibility index (Phi) is 8.25. The highest BCUT2D eigenvalue weighted by molar-refractivity contribution is 5.94. The van der Waals surface area contributed by atoms with Crippen LogP contribution in [-0.4, -0.2) is 42.6 Å². The summed E-state index contributed by atoms with van der Waals surface area (Å²) in [6.07, 6.45) is 5.72. The van der Waals surface area contributed by atoms with Gasteiger partial charge < -0.3 is 21.1 Å². The number of nitrogens with zero attached hydrogens (tertiary/aromatic N) is 1. The fourth-order valence-corrected chi connectivity index (χ4v) is 3.14. The zero-order valence-corrected chi connectivity index (χ0v) is 15.9. The van der Waals surface area contributed by atoms with E-state index in [-0.39, 0.29) is 11.7 Å². The van der Waals surface area contributed by atoms with Gasteiger partial charge in [0, 0.05) is 31.2 Å². The molecular formula is C20H32N4O2. The Bertz CT molecular complexity index is 595. The molecule has 1 aliphatic carbocycles. The molecule has 2 rings (SSSR count). The van der Waals surface area contributed by atoms with Crippen molar-refractivity contribution >= 4 is 11.9 Å². The predicted octanol–water partition coefficient (Wildman–Crippen LogP) is 2.65. The third-order valence-corrected chi connectivity index (χ3v) is 4.70. The molecule has 0 aromatic heterocycles. The number of nitrogens with one attached hydrogen (secondary N) is 3. The molecule has 26 heavy (non-hydrogen) atoms. The molecular weight excluding hydrogens is 328 g/mol. The molecule has 6 heteroatoms. The number of guanidine groups is 1. The number of amides is 1. The molecule has 1 aromatic carbocycles. The van der Waals surface area contributed by atoms with Gasteiger partial charge in [0.25, 0.3) is 5.91 Å². The molecule has 4 N–H and O–H groups in total. The second kappa shape index (κ2) is 10.7. The highest BCUT2D eigenvalue weighted by Gasteiger charge is 2.18. The summed E-state index contributed by atoms with van der Waals surface area (Å²) in [7, 11) is 0. The maximum absolute atomic E-state index is 12.0. The van der Waals surface area contributed by atoms with Crippen molar-refractivity contribution in [1.29, 1.82) is 0 Å². The van der Waals surface area contributed by atoms with Crippen LogP contribution < -0.4 is 16.0 Å². The Labute approximate surface area is 156 Å². The van der Waals surface area contributed by atoms with Gasteiger partial charge in [-0.1, -0.05) is 13.0 Å². The van der Waals surface area contributed by atoms with Crippen molar-refractivity contribution in [3.63, 3.8) is 0 Å². The second-order valence-electron chi connectivity index (χ2n) is 7.02. The number of phenolic OH excluding ortho intramolecular Hbond substituents is 1. The third kappa shape index (κ3) is 6.94. The molecule has 1 aliphatic rings. The first-order valence-electron chi connectivity index (χ1n) is 9.70. The molecule has 1 amide bonds. The van der Waals surface area contributed by atoms with E-state index >= 15 is 0 Å². The van der Waals surface area contributed by atoms with E-state index in [0.717, 1.165) is 24.8 Å². The van der Waals surface area contributed by atoms with Crippen LogP contribution in [0.2, 0.25) is 0 Å². The summed E-state index contributed by atoms with van der Waals surface area (Å²) in [5, 5.41) is 19.1. The van der Waals surface area contributed by atoms with Crippen molar-refractivity contribution in [3.8, 4) is 5.75 Å². The molecule has 0 radical (unpaired) electrons. The SMILES string of the molecule is CCNC(=NCCCNC(=O)c1cccc(O)c1)NC1CCC(C)CC1. The van der Waals surface area contributed by atoms with Gasteiger partial charge in [-0.05, 0) is 63.1 Å². The molecule has 0 spiro atoms. The van der Waals surface area contributed by atoms with Crippen LogP contribution in [0.3, 0.4) is 0 Å². The Balaban J connectivity index is 1.71. The standard InChI is InChI=1S/C20H32N4O2/c1-3-21-20(24-17-10-8-15(2)9-11-17)23-13-5-12-22-19(26)16-6-4-7-18(25)14-16/h4,6-7,14-15,17,25H,3,5,8-13H2,1-2H3,(H,22,26)(H2,21,23,24). The number of carbonyl (C=O) groups excluding carboxylic acids is 1. The van der Waals surface area contributed by atoms with E-state index in [0.29, 0.717) is 24.7 Å². The molecule has 0 saturated heterocycles. The predicted molar refractivity (Wildman–Crippen MR) is 106 cm³/mol. The zero-order chi connectivity index (χ0) is 18.8. The van der Waals surface area contributed by atoms with Crippen LogP contribution in [0.25, 0.3) is 0 Å². The minimum absolute atomic E-state index is 0.0979. The van der Waals surface area contributed by atoms with Crippen molar-refractivity contribution in [2.24, 2.45) is 10.9 Å². The maximum Gasteiger partial charge on any atom is 0.251 e. The molecule has 144 valence electrons. The molecule has 0 aliphatic heterocycles. The van der Waals surface area contributed by atoms with E-state index < -0.39 is 0 Å². The van der Waals surface area contributed by atoms with Gasteiger partial charge in [0.15, 0.2) is 5.96 Å². The normalized spacial score (nSPS) is 20.5. The van der Waals surface area contributed by atoms with Crippen molar-refractivity contribution in [3.05, 3.63) is 29.8 Å². The van der Waals surface area contributed by atoms with Crippen molar-refractivity contribution < 1.29 is 9.90 Å². The maximum atomic E-state index is 12.0.